The molecule has 1 heterocycles. The Labute approximate surface area is 134 Å². The lowest BCUT2D eigenvalue weighted by atomic mass is 10.2. The van der Waals surface area contributed by atoms with Crippen LogP contribution in [-0.2, 0) is 10.0 Å². The van der Waals surface area contributed by atoms with Gasteiger partial charge in [-0.25, -0.2) is 13.1 Å². The summed E-state index contributed by atoms with van der Waals surface area (Å²) in [4.78, 5) is 0.0497. The fourth-order valence-electron chi connectivity index (χ4n) is 2.18. The van der Waals surface area contributed by atoms with Crippen LogP contribution < -0.4 is 14.2 Å². The van der Waals surface area contributed by atoms with Crippen LogP contribution in [0.1, 0.15) is 5.56 Å². The van der Waals surface area contributed by atoms with Crippen LogP contribution in [-0.4, -0.2) is 27.7 Å². The average Bonchev–Trinajstić information content (AvgIpc) is 2.60. The highest BCUT2D eigenvalue weighted by Gasteiger charge is 2.23. The molecule has 0 fully saturated rings. The van der Waals surface area contributed by atoms with Crippen molar-refractivity contribution in [1.82, 2.24) is 4.72 Å². The second kappa shape index (κ2) is 6.28. The van der Waals surface area contributed by atoms with E-state index in [4.69, 9.17) is 14.7 Å². The predicted octanol–water partition coefficient (Wildman–Crippen LogP) is 1.68. The number of sulfonamides is 1. The van der Waals surface area contributed by atoms with Crippen molar-refractivity contribution in [3.8, 4) is 17.6 Å². The van der Waals surface area contributed by atoms with Gasteiger partial charge in [0.15, 0.2) is 11.5 Å². The Hall–Kier alpha value is -2.56. The molecular weight excluding hydrogens is 316 g/mol. The highest BCUT2D eigenvalue weighted by Crippen LogP contribution is 2.30. The Morgan fingerprint density at radius 1 is 1.17 bits per heavy atom. The zero-order valence-corrected chi connectivity index (χ0v) is 12.9. The third kappa shape index (κ3) is 3.44. The molecule has 2 aromatic rings. The van der Waals surface area contributed by atoms with Crippen molar-refractivity contribution in [3.05, 3.63) is 54.1 Å². The summed E-state index contributed by atoms with van der Waals surface area (Å²) in [6.45, 7) is 0.339. The van der Waals surface area contributed by atoms with E-state index in [1.807, 2.05) is 18.2 Å². The van der Waals surface area contributed by atoms with Crippen molar-refractivity contribution in [2.24, 2.45) is 0 Å². The Bertz CT molecular complexity index is 858. The maximum absolute atomic E-state index is 12.3. The molecule has 0 saturated carbocycles. The molecule has 0 radical (unpaired) electrons. The zero-order valence-electron chi connectivity index (χ0n) is 12.1. The van der Waals surface area contributed by atoms with Crippen LogP contribution in [0.2, 0.25) is 0 Å². The van der Waals surface area contributed by atoms with Crippen LogP contribution in [0.4, 0.5) is 0 Å². The smallest absolute Gasteiger partial charge is 0.240 e. The molecule has 118 valence electrons. The molecule has 23 heavy (non-hydrogen) atoms. The van der Waals surface area contributed by atoms with E-state index in [0.29, 0.717) is 17.1 Å². The molecule has 0 spiro atoms. The van der Waals surface area contributed by atoms with Gasteiger partial charge in [0.05, 0.1) is 23.1 Å². The van der Waals surface area contributed by atoms with E-state index < -0.39 is 16.1 Å². The van der Waals surface area contributed by atoms with Gasteiger partial charge in [-0.3, -0.25) is 0 Å². The molecule has 1 aliphatic rings. The Morgan fingerprint density at radius 3 is 2.74 bits per heavy atom. The fourth-order valence-corrected chi connectivity index (χ4v) is 3.29. The number of rotatable bonds is 4. The van der Waals surface area contributed by atoms with E-state index in [0.717, 1.165) is 0 Å². The largest absolute Gasteiger partial charge is 0.486 e. The molecule has 1 unspecified atom stereocenters. The van der Waals surface area contributed by atoms with Gasteiger partial charge in [-0.2, -0.15) is 5.26 Å². The van der Waals surface area contributed by atoms with Crippen LogP contribution >= 0.6 is 0 Å². The summed E-state index contributed by atoms with van der Waals surface area (Å²) in [5.74, 6) is 1.24. The van der Waals surface area contributed by atoms with Crippen molar-refractivity contribution in [3.63, 3.8) is 0 Å². The van der Waals surface area contributed by atoms with Crippen molar-refractivity contribution in [2.45, 2.75) is 11.0 Å². The number of nitrogens with one attached hydrogen (secondary N) is 1. The number of nitriles is 1. The number of ether oxygens (including phenoxy) is 2. The van der Waals surface area contributed by atoms with Crippen molar-refractivity contribution in [1.29, 1.82) is 5.26 Å². The first kappa shape index (κ1) is 15.3. The molecule has 3 rings (SSSR count). The second-order valence-electron chi connectivity index (χ2n) is 4.99. The van der Waals surface area contributed by atoms with E-state index in [-0.39, 0.29) is 18.0 Å². The molecule has 7 heteroatoms. The molecule has 0 aliphatic carbocycles. The summed E-state index contributed by atoms with van der Waals surface area (Å²) in [6.07, 6.45) is -0.418. The molecule has 1 N–H and O–H groups in total. The predicted molar refractivity (Wildman–Crippen MR) is 82.7 cm³/mol. The standard InChI is InChI=1S/C16H14N2O4S/c17-9-12-4-3-5-14(8-12)23(19,20)18-10-13-11-21-15-6-1-2-7-16(15)22-13/h1-8,13,18H,10-11H2. The molecule has 6 nitrogen and oxygen atoms in total. The van der Waals surface area contributed by atoms with Gasteiger partial charge in [0.25, 0.3) is 0 Å². The van der Waals surface area contributed by atoms with Crippen molar-refractivity contribution >= 4 is 10.0 Å². The van der Waals surface area contributed by atoms with Crippen LogP contribution in [0.25, 0.3) is 0 Å². The highest BCUT2D eigenvalue weighted by molar-refractivity contribution is 7.89. The molecule has 0 amide bonds. The topological polar surface area (TPSA) is 88.4 Å². The first-order valence-corrected chi connectivity index (χ1v) is 8.45. The van der Waals surface area contributed by atoms with Gasteiger partial charge in [0, 0.05) is 0 Å². The number of hydrogen-bond acceptors (Lipinski definition) is 5. The van der Waals surface area contributed by atoms with E-state index in [1.165, 1.54) is 18.2 Å². The monoisotopic (exact) mass is 330 g/mol. The van der Waals surface area contributed by atoms with Crippen molar-refractivity contribution in [2.75, 3.05) is 13.2 Å². The minimum atomic E-state index is -3.71. The number of benzene rings is 2. The summed E-state index contributed by atoms with van der Waals surface area (Å²) in [7, 11) is -3.71. The number of para-hydroxylation sites is 2. The van der Waals surface area contributed by atoms with Gasteiger partial charge in [-0.15, -0.1) is 0 Å². The maximum Gasteiger partial charge on any atom is 0.240 e. The quantitative estimate of drug-likeness (QED) is 0.921. The van der Waals surface area contributed by atoms with Gasteiger partial charge in [-0.05, 0) is 30.3 Å². The summed E-state index contributed by atoms with van der Waals surface area (Å²) >= 11 is 0. The highest BCUT2D eigenvalue weighted by atomic mass is 32.2. The molecule has 0 bridgehead atoms. The van der Waals surface area contributed by atoms with E-state index in [1.54, 1.807) is 18.2 Å². The van der Waals surface area contributed by atoms with Gasteiger partial charge in [-0.1, -0.05) is 18.2 Å². The van der Waals surface area contributed by atoms with Crippen LogP contribution in [0.15, 0.2) is 53.4 Å². The molecule has 1 aliphatic heterocycles. The maximum atomic E-state index is 12.3. The summed E-state index contributed by atoms with van der Waals surface area (Å²) in [5, 5.41) is 8.85. The van der Waals surface area contributed by atoms with Gasteiger partial charge in [0.2, 0.25) is 10.0 Å². The lowest BCUT2D eigenvalue weighted by molar-refractivity contribution is 0.0943. The van der Waals surface area contributed by atoms with Gasteiger partial charge in [0.1, 0.15) is 12.7 Å². The zero-order chi connectivity index (χ0) is 16.3. The summed E-state index contributed by atoms with van der Waals surface area (Å²) < 4.78 is 38.3. The number of nitrogens with zero attached hydrogens (tertiary/aromatic N) is 1. The Morgan fingerprint density at radius 2 is 1.96 bits per heavy atom. The molecule has 1 atom stereocenters. The SMILES string of the molecule is N#Cc1cccc(S(=O)(=O)NCC2COc3ccccc3O2)c1. The third-order valence-electron chi connectivity index (χ3n) is 3.34. The van der Waals surface area contributed by atoms with Gasteiger partial charge >= 0.3 is 0 Å². The third-order valence-corrected chi connectivity index (χ3v) is 4.76. The number of fused-ring (bicyclic) bond motifs is 1. The van der Waals surface area contributed by atoms with E-state index in [9.17, 15) is 8.42 Å². The Kier molecular flexibility index (Phi) is 4.19. The van der Waals surface area contributed by atoms with Gasteiger partial charge < -0.3 is 9.47 Å². The fraction of sp³-hybridized carbons (Fsp3) is 0.188. The van der Waals surface area contributed by atoms with E-state index >= 15 is 0 Å². The minimum absolute atomic E-state index is 0.0497. The summed E-state index contributed by atoms with van der Waals surface area (Å²) in [6, 6.07) is 15.0. The van der Waals surface area contributed by atoms with E-state index in [2.05, 4.69) is 4.72 Å². The molecular formula is C16H14N2O4S. The average molecular weight is 330 g/mol. The normalized spacial score (nSPS) is 16.6. The van der Waals surface area contributed by atoms with Crippen LogP contribution in [0.3, 0.4) is 0 Å². The number of hydrogen-bond donors (Lipinski definition) is 1. The van der Waals surface area contributed by atoms with Crippen LogP contribution in [0, 0.1) is 11.3 Å². The minimum Gasteiger partial charge on any atom is -0.486 e. The lowest BCUT2D eigenvalue weighted by Gasteiger charge is -2.26. The first-order valence-electron chi connectivity index (χ1n) is 6.97. The summed E-state index contributed by atoms with van der Waals surface area (Å²) in [5.41, 5.74) is 0.291. The van der Waals surface area contributed by atoms with Crippen LogP contribution in [0.5, 0.6) is 11.5 Å². The lowest BCUT2D eigenvalue weighted by Crippen LogP contribution is -2.40. The molecule has 2 aromatic carbocycles. The second-order valence-corrected chi connectivity index (χ2v) is 6.76. The molecule has 0 saturated heterocycles. The van der Waals surface area contributed by atoms with Crippen molar-refractivity contribution < 1.29 is 17.9 Å². The first-order chi connectivity index (χ1) is 11.1. The molecule has 0 aromatic heterocycles. The Balaban J connectivity index is 1.67.